The maximum Gasteiger partial charge on any atom is 0.270 e. The van der Waals surface area contributed by atoms with Crippen molar-refractivity contribution in [2.45, 2.75) is 6.92 Å². The SMILES string of the molecule is CCOc1cccc(N2C(=O)/C(=C/c3ccc(-c4ccc([N+](=O)[O-])cc4Cl)o3)C(=O)NC2=S)c1. The average molecular weight is 498 g/mol. The zero-order valence-electron chi connectivity index (χ0n) is 17.6. The topological polar surface area (TPSA) is 115 Å². The number of ether oxygens (including phenoxy) is 1. The maximum absolute atomic E-state index is 13.2. The highest BCUT2D eigenvalue weighted by molar-refractivity contribution is 7.80. The van der Waals surface area contributed by atoms with Gasteiger partial charge in [0.1, 0.15) is 22.8 Å². The molecule has 1 N–H and O–H groups in total. The van der Waals surface area contributed by atoms with Crippen molar-refractivity contribution in [3.8, 4) is 17.1 Å². The van der Waals surface area contributed by atoms with Crippen molar-refractivity contribution < 1.29 is 23.7 Å². The number of hydrogen-bond donors (Lipinski definition) is 1. The van der Waals surface area contributed by atoms with Gasteiger partial charge < -0.3 is 9.15 Å². The number of nitrogens with one attached hydrogen (secondary N) is 1. The van der Waals surface area contributed by atoms with Crippen LogP contribution >= 0.6 is 23.8 Å². The Labute approximate surface area is 203 Å². The second kappa shape index (κ2) is 9.46. The summed E-state index contributed by atoms with van der Waals surface area (Å²) in [6.45, 7) is 2.29. The van der Waals surface area contributed by atoms with Crippen LogP contribution in [0.5, 0.6) is 5.75 Å². The molecule has 1 aromatic heterocycles. The Morgan fingerprint density at radius 1 is 1.21 bits per heavy atom. The Morgan fingerprint density at radius 2 is 2.00 bits per heavy atom. The number of nitro groups is 1. The number of nitro benzene ring substituents is 1. The van der Waals surface area contributed by atoms with Crippen molar-refractivity contribution in [1.29, 1.82) is 0 Å². The number of rotatable bonds is 6. The van der Waals surface area contributed by atoms with Crippen LogP contribution in [0.2, 0.25) is 5.02 Å². The molecule has 9 nitrogen and oxygen atoms in total. The molecule has 11 heteroatoms. The third kappa shape index (κ3) is 4.54. The lowest BCUT2D eigenvalue weighted by Crippen LogP contribution is -2.54. The maximum atomic E-state index is 13.2. The molecular weight excluding hydrogens is 482 g/mol. The Hall–Kier alpha value is -4.02. The summed E-state index contributed by atoms with van der Waals surface area (Å²) in [5, 5.41) is 13.5. The fourth-order valence-electron chi connectivity index (χ4n) is 3.31. The van der Waals surface area contributed by atoms with Crippen molar-refractivity contribution in [3.63, 3.8) is 0 Å². The summed E-state index contributed by atoms with van der Waals surface area (Å²) >= 11 is 11.4. The van der Waals surface area contributed by atoms with Crippen LogP contribution in [-0.2, 0) is 9.59 Å². The van der Waals surface area contributed by atoms with E-state index < -0.39 is 16.7 Å². The van der Waals surface area contributed by atoms with Gasteiger partial charge in [-0.3, -0.25) is 29.9 Å². The van der Waals surface area contributed by atoms with Crippen molar-refractivity contribution >= 4 is 58.2 Å². The van der Waals surface area contributed by atoms with Crippen molar-refractivity contribution in [2.75, 3.05) is 11.5 Å². The van der Waals surface area contributed by atoms with Gasteiger partial charge in [-0.1, -0.05) is 17.7 Å². The van der Waals surface area contributed by atoms with E-state index in [4.69, 9.17) is 33.0 Å². The van der Waals surface area contributed by atoms with Gasteiger partial charge >= 0.3 is 0 Å². The van der Waals surface area contributed by atoms with Gasteiger partial charge in [-0.15, -0.1) is 0 Å². The van der Waals surface area contributed by atoms with E-state index in [0.717, 1.165) is 0 Å². The van der Waals surface area contributed by atoms with Crippen molar-refractivity contribution in [3.05, 3.63) is 81.1 Å². The molecule has 3 aromatic rings. The fraction of sp³-hybridized carbons (Fsp3) is 0.0870. The summed E-state index contributed by atoms with van der Waals surface area (Å²) in [5.41, 5.74) is 0.513. The van der Waals surface area contributed by atoms with Crippen LogP contribution in [0.4, 0.5) is 11.4 Å². The minimum atomic E-state index is -0.668. The number of benzene rings is 2. The van der Waals surface area contributed by atoms with Crippen LogP contribution in [0, 0.1) is 10.1 Å². The van der Waals surface area contributed by atoms with E-state index in [2.05, 4.69) is 5.32 Å². The number of anilines is 1. The number of non-ortho nitro benzene ring substituents is 1. The normalized spacial score (nSPS) is 14.9. The molecule has 0 radical (unpaired) electrons. The summed E-state index contributed by atoms with van der Waals surface area (Å²) in [4.78, 5) is 37.3. The Morgan fingerprint density at radius 3 is 2.71 bits per heavy atom. The van der Waals surface area contributed by atoms with Gasteiger partial charge in [0, 0.05) is 23.8 Å². The van der Waals surface area contributed by atoms with Crippen LogP contribution < -0.4 is 15.0 Å². The molecule has 172 valence electrons. The third-order valence-corrected chi connectivity index (χ3v) is 5.43. The van der Waals surface area contributed by atoms with Crippen LogP contribution in [0.1, 0.15) is 12.7 Å². The first-order chi connectivity index (χ1) is 16.3. The zero-order chi connectivity index (χ0) is 24.4. The van der Waals surface area contributed by atoms with Crippen LogP contribution in [0.3, 0.4) is 0 Å². The first kappa shape index (κ1) is 23.1. The molecule has 2 heterocycles. The molecule has 4 rings (SSSR count). The van der Waals surface area contributed by atoms with Gasteiger partial charge in [0.25, 0.3) is 17.5 Å². The van der Waals surface area contributed by atoms with Crippen molar-refractivity contribution in [2.24, 2.45) is 0 Å². The number of hydrogen-bond acceptors (Lipinski definition) is 7. The number of halogens is 1. The molecule has 2 amide bonds. The van der Waals surface area contributed by atoms with Gasteiger partial charge in [0.15, 0.2) is 5.11 Å². The molecule has 1 saturated heterocycles. The van der Waals surface area contributed by atoms with E-state index in [9.17, 15) is 19.7 Å². The van der Waals surface area contributed by atoms with Gasteiger partial charge in [0.05, 0.1) is 22.2 Å². The smallest absolute Gasteiger partial charge is 0.270 e. The summed E-state index contributed by atoms with van der Waals surface area (Å²) < 4.78 is 11.2. The first-order valence-corrected chi connectivity index (χ1v) is 10.8. The minimum absolute atomic E-state index is 0.0569. The first-order valence-electron chi connectivity index (χ1n) is 9.97. The standard InChI is InChI=1S/C23H16ClN3O6S/c1-2-32-15-5-3-4-13(10-15)26-22(29)18(21(28)25-23(26)34)12-16-7-9-20(33-16)17-8-6-14(27(30)31)11-19(17)24/h3-12H,2H2,1H3,(H,25,28,34)/b18-12+. The van der Waals surface area contributed by atoms with E-state index in [1.165, 1.54) is 29.2 Å². The van der Waals surface area contributed by atoms with Gasteiger partial charge in [-0.2, -0.15) is 0 Å². The van der Waals surface area contributed by atoms with Gasteiger partial charge in [0.2, 0.25) is 0 Å². The number of thiocarbonyl (C=S) groups is 1. The summed E-state index contributed by atoms with van der Waals surface area (Å²) in [6, 6.07) is 13.9. The van der Waals surface area contributed by atoms with E-state index in [1.807, 2.05) is 6.92 Å². The molecule has 0 bridgehead atoms. The molecule has 2 aromatic carbocycles. The molecule has 0 atom stereocenters. The summed E-state index contributed by atoms with van der Waals surface area (Å²) in [7, 11) is 0. The molecule has 1 aliphatic rings. The Balaban J connectivity index is 1.65. The molecular formula is C23H16ClN3O6S. The van der Waals surface area contributed by atoms with E-state index in [1.54, 1.807) is 36.4 Å². The van der Waals surface area contributed by atoms with E-state index in [-0.39, 0.29) is 27.2 Å². The van der Waals surface area contributed by atoms with Crippen molar-refractivity contribution in [1.82, 2.24) is 5.32 Å². The van der Waals surface area contributed by atoms with Crippen LogP contribution in [0.25, 0.3) is 17.4 Å². The minimum Gasteiger partial charge on any atom is -0.494 e. The predicted octanol–water partition coefficient (Wildman–Crippen LogP) is 4.74. The average Bonchev–Trinajstić information content (AvgIpc) is 3.25. The monoisotopic (exact) mass is 497 g/mol. The Bertz CT molecular complexity index is 1370. The highest BCUT2D eigenvalue weighted by Crippen LogP contribution is 2.33. The Kier molecular flexibility index (Phi) is 6.44. The molecule has 1 fully saturated rings. The molecule has 0 unspecified atom stereocenters. The van der Waals surface area contributed by atoms with Crippen LogP contribution in [-0.4, -0.2) is 28.5 Å². The highest BCUT2D eigenvalue weighted by atomic mass is 35.5. The highest BCUT2D eigenvalue weighted by Gasteiger charge is 2.35. The van der Waals surface area contributed by atoms with Gasteiger partial charge in [-0.25, -0.2) is 0 Å². The second-order valence-corrected chi connectivity index (χ2v) is 7.81. The molecule has 0 saturated carbocycles. The molecule has 1 aliphatic heterocycles. The largest absolute Gasteiger partial charge is 0.494 e. The van der Waals surface area contributed by atoms with E-state index >= 15 is 0 Å². The number of carbonyl (C=O) groups excluding carboxylic acids is 2. The lowest BCUT2D eigenvalue weighted by Gasteiger charge is -2.29. The van der Waals surface area contributed by atoms with Gasteiger partial charge in [-0.05, 0) is 55.5 Å². The summed E-state index contributed by atoms with van der Waals surface area (Å²) in [5.74, 6) is -0.230. The fourth-order valence-corrected chi connectivity index (χ4v) is 3.85. The molecule has 0 aliphatic carbocycles. The lowest BCUT2D eigenvalue weighted by atomic mass is 10.1. The number of furan rings is 1. The zero-order valence-corrected chi connectivity index (χ0v) is 19.2. The second-order valence-electron chi connectivity index (χ2n) is 7.01. The predicted molar refractivity (Wildman–Crippen MR) is 130 cm³/mol. The number of carbonyl (C=O) groups is 2. The quantitative estimate of drug-likeness (QED) is 0.172. The molecule has 0 spiro atoms. The van der Waals surface area contributed by atoms with Crippen LogP contribution in [0.15, 0.2) is 64.6 Å². The van der Waals surface area contributed by atoms with E-state index in [0.29, 0.717) is 29.4 Å². The third-order valence-electron chi connectivity index (χ3n) is 4.83. The summed E-state index contributed by atoms with van der Waals surface area (Å²) in [6.07, 6.45) is 1.29. The molecule has 34 heavy (non-hydrogen) atoms. The number of amides is 2. The number of nitrogens with zero attached hydrogens (tertiary/aromatic N) is 2. The lowest BCUT2D eigenvalue weighted by molar-refractivity contribution is -0.384.